The molecular formula is C26H21ClN2O5. The van der Waals surface area contributed by atoms with Gasteiger partial charge >= 0.3 is 6.03 Å². The molecule has 0 radical (unpaired) electrons. The Morgan fingerprint density at radius 1 is 0.971 bits per heavy atom. The zero-order valence-electron chi connectivity index (χ0n) is 18.5. The Morgan fingerprint density at radius 2 is 1.71 bits per heavy atom. The first-order chi connectivity index (χ1) is 16.2. The number of halogens is 1. The monoisotopic (exact) mass is 476 g/mol. The molecule has 3 aromatic carbocycles. The van der Waals surface area contributed by atoms with Crippen LogP contribution in [0.25, 0.3) is 6.08 Å². The van der Waals surface area contributed by atoms with Gasteiger partial charge in [0, 0.05) is 10.6 Å². The van der Waals surface area contributed by atoms with Gasteiger partial charge in [-0.3, -0.25) is 14.9 Å². The average molecular weight is 477 g/mol. The molecule has 0 bridgehead atoms. The highest BCUT2D eigenvalue weighted by molar-refractivity contribution is 6.39. The standard InChI is InChI=1S/C26H21ClN2O5/c1-15-3-4-17(11-16(15)2)14-34-23-10-5-19(27)12-18(23)13-22-24(31)28-26(33)29(25(22)32)20-6-8-21(30)9-7-20/h3-13,30H,14H2,1-2H3,(H,28,31,33)/b22-13+. The first kappa shape index (κ1) is 23.1. The van der Waals surface area contributed by atoms with Gasteiger partial charge in [0.05, 0.1) is 5.69 Å². The number of anilines is 1. The second-order valence-corrected chi connectivity index (χ2v) is 8.30. The molecule has 1 aliphatic heterocycles. The van der Waals surface area contributed by atoms with Crippen molar-refractivity contribution in [2.75, 3.05) is 4.90 Å². The maximum Gasteiger partial charge on any atom is 0.335 e. The maximum atomic E-state index is 13.1. The molecule has 0 unspecified atom stereocenters. The highest BCUT2D eigenvalue weighted by atomic mass is 35.5. The van der Waals surface area contributed by atoms with E-state index in [1.165, 1.54) is 35.9 Å². The summed E-state index contributed by atoms with van der Waals surface area (Å²) in [6.07, 6.45) is 1.35. The van der Waals surface area contributed by atoms with Gasteiger partial charge in [-0.15, -0.1) is 0 Å². The Bertz CT molecular complexity index is 1330. The van der Waals surface area contributed by atoms with Crippen LogP contribution in [-0.2, 0) is 16.2 Å². The van der Waals surface area contributed by atoms with Crippen molar-refractivity contribution >= 4 is 41.2 Å². The number of barbiturate groups is 1. The molecule has 0 spiro atoms. The van der Waals surface area contributed by atoms with E-state index in [0.29, 0.717) is 16.3 Å². The van der Waals surface area contributed by atoms with Gasteiger partial charge in [0.2, 0.25) is 0 Å². The summed E-state index contributed by atoms with van der Waals surface area (Å²) in [5.41, 5.74) is 3.64. The van der Waals surface area contributed by atoms with Crippen molar-refractivity contribution < 1.29 is 24.2 Å². The van der Waals surface area contributed by atoms with Crippen LogP contribution in [0.3, 0.4) is 0 Å². The van der Waals surface area contributed by atoms with E-state index < -0.39 is 17.8 Å². The lowest BCUT2D eigenvalue weighted by Crippen LogP contribution is -2.54. The minimum Gasteiger partial charge on any atom is -0.508 e. The van der Waals surface area contributed by atoms with Gasteiger partial charge in [-0.1, -0.05) is 29.8 Å². The van der Waals surface area contributed by atoms with Crippen LogP contribution in [0, 0.1) is 13.8 Å². The number of imide groups is 2. The first-order valence-electron chi connectivity index (χ1n) is 10.4. The highest BCUT2D eigenvalue weighted by Crippen LogP contribution is 2.29. The number of phenolic OH excluding ortho intramolecular Hbond substituents is 1. The third kappa shape index (κ3) is 4.79. The Hall–Kier alpha value is -4.10. The summed E-state index contributed by atoms with van der Waals surface area (Å²) in [5, 5.41) is 12.1. The highest BCUT2D eigenvalue weighted by Gasteiger charge is 2.37. The van der Waals surface area contributed by atoms with E-state index in [0.717, 1.165) is 16.0 Å². The number of rotatable bonds is 5. The molecular weight excluding hydrogens is 456 g/mol. The van der Waals surface area contributed by atoms with Crippen LogP contribution in [0.4, 0.5) is 10.5 Å². The lowest BCUT2D eigenvalue weighted by molar-refractivity contribution is -0.122. The van der Waals surface area contributed by atoms with Crippen molar-refractivity contribution in [2.45, 2.75) is 20.5 Å². The summed E-state index contributed by atoms with van der Waals surface area (Å²) in [4.78, 5) is 38.8. The number of urea groups is 1. The molecule has 1 saturated heterocycles. The van der Waals surface area contributed by atoms with E-state index in [-0.39, 0.29) is 23.6 Å². The number of aryl methyl sites for hydroxylation is 2. The Morgan fingerprint density at radius 3 is 2.41 bits per heavy atom. The number of hydrogen-bond donors (Lipinski definition) is 2. The van der Waals surface area contributed by atoms with Crippen LogP contribution in [0.5, 0.6) is 11.5 Å². The van der Waals surface area contributed by atoms with Crippen molar-refractivity contribution in [1.29, 1.82) is 0 Å². The van der Waals surface area contributed by atoms with Crippen molar-refractivity contribution in [3.05, 3.63) is 93.5 Å². The van der Waals surface area contributed by atoms with E-state index in [1.807, 2.05) is 32.0 Å². The van der Waals surface area contributed by atoms with Crippen LogP contribution >= 0.6 is 11.6 Å². The summed E-state index contributed by atoms with van der Waals surface area (Å²) in [6, 6.07) is 15.5. The SMILES string of the molecule is Cc1ccc(COc2ccc(Cl)cc2/C=C2\C(=O)NC(=O)N(c3ccc(O)cc3)C2=O)cc1C. The molecule has 1 heterocycles. The molecule has 1 fully saturated rings. The first-order valence-corrected chi connectivity index (χ1v) is 10.8. The molecule has 0 saturated carbocycles. The number of hydrogen-bond acceptors (Lipinski definition) is 5. The van der Waals surface area contributed by atoms with Crippen molar-refractivity contribution in [2.24, 2.45) is 0 Å². The number of amides is 4. The lowest BCUT2D eigenvalue weighted by atomic mass is 10.1. The van der Waals surface area contributed by atoms with Gasteiger partial charge in [-0.2, -0.15) is 0 Å². The Labute approximate surface area is 201 Å². The van der Waals surface area contributed by atoms with E-state index >= 15 is 0 Å². The molecule has 2 N–H and O–H groups in total. The molecule has 1 aliphatic rings. The Kier molecular flexibility index (Phi) is 6.38. The largest absolute Gasteiger partial charge is 0.508 e. The molecule has 3 aromatic rings. The molecule has 0 aromatic heterocycles. The number of benzene rings is 3. The van der Waals surface area contributed by atoms with E-state index in [2.05, 4.69) is 5.32 Å². The van der Waals surface area contributed by atoms with Gasteiger partial charge in [0.15, 0.2) is 0 Å². The molecule has 7 nitrogen and oxygen atoms in total. The molecule has 172 valence electrons. The predicted octanol–water partition coefficient (Wildman–Crippen LogP) is 4.91. The van der Waals surface area contributed by atoms with Crippen LogP contribution in [-0.4, -0.2) is 23.0 Å². The van der Waals surface area contributed by atoms with Gasteiger partial charge in [-0.05, 0) is 79.1 Å². The zero-order chi connectivity index (χ0) is 24.4. The van der Waals surface area contributed by atoms with Crippen molar-refractivity contribution in [3.8, 4) is 11.5 Å². The summed E-state index contributed by atoms with van der Waals surface area (Å²) >= 11 is 6.17. The quantitative estimate of drug-likeness (QED) is 0.403. The smallest absolute Gasteiger partial charge is 0.335 e. The van der Waals surface area contributed by atoms with Gasteiger partial charge in [0.1, 0.15) is 23.7 Å². The van der Waals surface area contributed by atoms with Crippen molar-refractivity contribution in [3.63, 3.8) is 0 Å². The van der Waals surface area contributed by atoms with E-state index in [9.17, 15) is 19.5 Å². The average Bonchev–Trinajstić information content (AvgIpc) is 2.79. The predicted molar refractivity (Wildman–Crippen MR) is 129 cm³/mol. The topological polar surface area (TPSA) is 95.9 Å². The molecule has 4 amide bonds. The van der Waals surface area contributed by atoms with E-state index in [1.54, 1.807) is 18.2 Å². The lowest BCUT2D eigenvalue weighted by Gasteiger charge is -2.26. The summed E-state index contributed by atoms with van der Waals surface area (Å²) < 4.78 is 5.98. The number of nitrogens with zero attached hydrogens (tertiary/aromatic N) is 1. The third-order valence-electron chi connectivity index (χ3n) is 5.45. The van der Waals surface area contributed by atoms with Crippen LogP contribution in [0.2, 0.25) is 5.02 Å². The molecule has 4 rings (SSSR count). The maximum absolute atomic E-state index is 13.1. The minimum atomic E-state index is -0.879. The molecule has 0 atom stereocenters. The summed E-state index contributed by atoms with van der Waals surface area (Å²) in [7, 11) is 0. The normalized spacial score (nSPS) is 15.0. The van der Waals surface area contributed by atoms with Gasteiger partial charge in [0.25, 0.3) is 11.8 Å². The van der Waals surface area contributed by atoms with Gasteiger partial charge in [-0.25, -0.2) is 9.69 Å². The fraction of sp³-hybridized carbons (Fsp3) is 0.115. The molecule has 0 aliphatic carbocycles. The number of phenols is 1. The fourth-order valence-corrected chi connectivity index (χ4v) is 3.65. The summed E-state index contributed by atoms with van der Waals surface area (Å²) in [5.74, 6) is -1.24. The number of aromatic hydroxyl groups is 1. The number of ether oxygens (including phenoxy) is 1. The van der Waals surface area contributed by atoms with Crippen LogP contribution in [0.15, 0.2) is 66.2 Å². The Balaban J connectivity index is 1.66. The fourth-order valence-electron chi connectivity index (χ4n) is 3.47. The number of carbonyl (C=O) groups is 3. The second-order valence-electron chi connectivity index (χ2n) is 7.86. The number of nitrogens with one attached hydrogen (secondary N) is 1. The minimum absolute atomic E-state index is 0.0232. The molecule has 8 heteroatoms. The zero-order valence-corrected chi connectivity index (χ0v) is 19.2. The van der Waals surface area contributed by atoms with E-state index in [4.69, 9.17) is 16.3 Å². The van der Waals surface area contributed by atoms with Gasteiger partial charge < -0.3 is 9.84 Å². The van der Waals surface area contributed by atoms with Crippen LogP contribution in [0.1, 0.15) is 22.3 Å². The number of carbonyl (C=O) groups excluding carboxylic acids is 3. The summed E-state index contributed by atoms with van der Waals surface area (Å²) in [6.45, 7) is 4.32. The van der Waals surface area contributed by atoms with Crippen molar-refractivity contribution in [1.82, 2.24) is 5.32 Å². The third-order valence-corrected chi connectivity index (χ3v) is 5.68. The molecule has 34 heavy (non-hydrogen) atoms. The second kappa shape index (κ2) is 9.41. The van der Waals surface area contributed by atoms with Crippen LogP contribution < -0.4 is 15.0 Å².